The molecule has 0 aliphatic heterocycles. The van der Waals surface area contributed by atoms with Crippen molar-refractivity contribution in [3.05, 3.63) is 130 Å². The van der Waals surface area contributed by atoms with Crippen molar-refractivity contribution in [2.75, 3.05) is 0 Å². The Balaban J connectivity index is 1.60. The predicted molar refractivity (Wildman–Crippen MR) is 134 cm³/mol. The third kappa shape index (κ3) is 6.27. The monoisotopic (exact) mass is 470 g/mol. The Morgan fingerprint density at radius 2 is 1.44 bits per heavy atom. The molecule has 4 aromatic carbocycles. The van der Waals surface area contributed by atoms with Crippen LogP contribution in [0.4, 0.5) is 0 Å². The Kier molecular flexibility index (Phi) is 7.63. The Morgan fingerprint density at radius 3 is 2.09 bits per heavy atom. The Hall–Kier alpha value is -4.02. The van der Waals surface area contributed by atoms with Crippen LogP contribution < -0.4 is 9.47 Å². The summed E-state index contributed by atoms with van der Waals surface area (Å²) in [7, 11) is 0. The second-order valence-electron chi connectivity index (χ2n) is 7.62. The molecule has 0 unspecified atom stereocenters. The van der Waals surface area contributed by atoms with E-state index in [2.05, 4.69) is 0 Å². The molecular formula is C29H23ClO4. The molecule has 0 aromatic heterocycles. The lowest BCUT2D eigenvalue weighted by molar-refractivity contribution is 0.104. The third-order valence-electron chi connectivity index (χ3n) is 5.06. The maximum Gasteiger partial charge on any atom is 0.193 e. The molecule has 0 atom stereocenters. The first kappa shape index (κ1) is 23.1. The molecule has 0 saturated heterocycles. The molecule has 0 heterocycles. The summed E-state index contributed by atoms with van der Waals surface area (Å²) < 4.78 is 11.8. The lowest BCUT2D eigenvalue weighted by Gasteiger charge is -2.14. The molecule has 170 valence electrons. The van der Waals surface area contributed by atoms with Crippen LogP contribution in [0.15, 0.2) is 103 Å². The highest BCUT2D eigenvalue weighted by Crippen LogP contribution is 2.35. The second kappa shape index (κ2) is 11.2. The summed E-state index contributed by atoms with van der Waals surface area (Å²) in [6.07, 6.45) is 3.04. The molecule has 0 bridgehead atoms. The van der Waals surface area contributed by atoms with Gasteiger partial charge in [0.05, 0.1) is 0 Å². The third-order valence-corrected chi connectivity index (χ3v) is 5.30. The Morgan fingerprint density at radius 1 is 0.794 bits per heavy atom. The summed E-state index contributed by atoms with van der Waals surface area (Å²) in [4.78, 5) is 13.0. The summed E-state index contributed by atoms with van der Waals surface area (Å²) in [5.74, 6) is 0.0389. The van der Waals surface area contributed by atoms with Gasteiger partial charge in [-0.25, -0.2) is 0 Å². The molecule has 0 aliphatic carbocycles. The summed E-state index contributed by atoms with van der Waals surface area (Å²) >= 11 is 6.03. The number of rotatable bonds is 9. The topological polar surface area (TPSA) is 55.8 Å². The summed E-state index contributed by atoms with van der Waals surface area (Å²) in [5.41, 5.74) is 2.76. The highest BCUT2D eigenvalue weighted by Gasteiger charge is 2.18. The number of halogens is 1. The van der Waals surface area contributed by atoms with Crippen molar-refractivity contribution in [3.8, 4) is 17.2 Å². The van der Waals surface area contributed by atoms with Crippen LogP contribution >= 0.6 is 11.6 Å². The lowest BCUT2D eigenvalue weighted by atomic mass is 10.1. The van der Waals surface area contributed by atoms with Crippen LogP contribution in [0.5, 0.6) is 17.2 Å². The number of carbonyl (C=O) groups is 1. The number of aromatic hydroxyl groups is 1. The molecule has 0 fully saturated rings. The van der Waals surface area contributed by atoms with Gasteiger partial charge in [0.1, 0.15) is 36.0 Å². The van der Waals surface area contributed by atoms with E-state index in [0.29, 0.717) is 17.4 Å². The fourth-order valence-electron chi connectivity index (χ4n) is 3.36. The summed E-state index contributed by atoms with van der Waals surface area (Å²) in [5, 5.41) is 11.3. The fourth-order valence-corrected chi connectivity index (χ4v) is 3.56. The zero-order valence-electron chi connectivity index (χ0n) is 18.4. The molecule has 0 spiro atoms. The van der Waals surface area contributed by atoms with Crippen molar-refractivity contribution < 1.29 is 19.4 Å². The van der Waals surface area contributed by atoms with Gasteiger partial charge in [-0.2, -0.15) is 0 Å². The van der Waals surface area contributed by atoms with E-state index < -0.39 is 5.78 Å². The van der Waals surface area contributed by atoms with Gasteiger partial charge < -0.3 is 14.6 Å². The van der Waals surface area contributed by atoms with Crippen LogP contribution in [0, 0.1) is 0 Å². The zero-order valence-corrected chi connectivity index (χ0v) is 19.1. The Bertz CT molecular complexity index is 1280. The molecule has 0 aliphatic rings. The van der Waals surface area contributed by atoms with Gasteiger partial charge in [-0.3, -0.25) is 4.79 Å². The van der Waals surface area contributed by atoms with E-state index in [-0.39, 0.29) is 23.7 Å². The minimum Gasteiger partial charge on any atom is -0.507 e. The molecule has 0 radical (unpaired) electrons. The van der Waals surface area contributed by atoms with Gasteiger partial charge >= 0.3 is 0 Å². The van der Waals surface area contributed by atoms with Crippen molar-refractivity contribution in [3.63, 3.8) is 0 Å². The van der Waals surface area contributed by atoms with E-state index in [1.165, 1.54) is 12.1 Å². The summed E-state index contributed by atoms with van der Waals surface area (Å²) in [6.45, 7) is 0.557. The first-order valence-corrected chi connectivity index (χ1v) is 11.1. The largest absolute Gasteiger partial charge is 0.507 e. The number of benzene rings is 4. The van der Waals surface area contributed by atoms with Crippen molar-refractivity contribution >= 4 is 23.5 Å². The average molecular weight is 471 g/mol. The molecule has 4 nitrogen and oxygen atoms in total. The molecule has 0 amide bonds. The van der Waals surface area contributed by atoms with E-state index in [1.807, 2.05) is 66.7 Å². The highest BCUT2D eigenvalue weighted by molar-refractivity contribution is 6.30. The number of hydrogen-bond donors (Lipinski definition) is 1. The van der Waals surface area contributed by atoms with E-state index in [9.17, 15) is 9.90 Å². The van der Waals surface area contributed by atoms with Crippen molar-refractivity contribution in [1.29, 1.82) is 0 Å². The van der Waals surface area contributed by atoms with Crippen LogP contribution in [0.2, 0.25) is 5.02 Å². The van der Waals surface area contributed by atoms with Gasteiger partial charge in [0.15, 0.2) is 5.78 Å². The molecule has 5 heteroatoms. The normalized spacial score (nSPS) is 10.9. The van der Waals surface area contributed by atoms with Crippen LogP contribution in [-0.2, 0) is 13.2 Å². The van der Waals surface area contributed by atoms with Gasteiger partial charge in [-0.05, 0) is 34.9 Å². The standard InChI is InChI=1S/C29H23ClO4/c30-24-13-7-12-21(16-24)14-15-26(31)29-27(32)17-25(33-19-22-8-3-1-4-9-22)18-28(29)34-20-23-10-5-2-6-11-23/h1-18,32H,19-20H2. The van der Waals surface area contributed by atoms with Crippen molar-refractivity contribution in [2.45, 2.75) is 13.2 Å². The predicted octanol–water partition coefficient (Wildman–Crippen LogP) is 7.10. The van der Waals surface area contributed by atoms with Gasteiger partial charge in [-0.15, -0.1) is 0 Å². The van der Waals surface area contributed by atoms with E-state index in [0.717, 1.165) is 16.7 Å². The van der Waals surface area contributed by atoms with E-state index in [1.54, 1.807) is 30.3 Å². The fraction of sp³-hybridized carbons (Fsp3) is 0.0690. The zero-order chi connectivity index (χ0) is 23.8. The molecule has 34 heavy (non-hydrogen) atoms. The molecule has 0 saturated carbocycles. The SMILES string of the molecule is O=C(C=Cc1cccc(Cl)c1)c1c(O)cc(OCc2ccccc2)cc1OCc1ccccc1. The smallest absolute Gasteiger partial charge is 0.193 e. The van der Waals surface area contributed by atoms with Crippen LogP contribution in [0.25, 0.3) is 6.08 Å². The van der Waals surface area contributed by atoms with Gasteiger partial charge in [0.25, 0.3) is 0 Å². The number of ether oxygens (including phenoxy) is 2. The first-order valence-electron chi connectivity index (χ1n) is 10.8. The number of hydrogen-bond acceptors (Lipinski definition) is 4. The quantitative estimate of drug-likeness (QED) is 0.209. The minimum absolute atomic E-state index is 0.0706. The molecule has 4 aromatic rings. The number of carbonyl (C=O) groups excluding carboxylic acids is 1. The van der Waals surface area contributed by atoms with Crippen LogP contribution in [0.3, 0.4) is 0 Å². The molecule has 4 rings (SSSR count). The van der Waals surface area contributed by atoms with E-state index >= 15 is 0 Å². The number of phenolic OH excluding ortho intramolecular Hbond substituents is 1. The average Bonchev–Trinajstić information content (AvgIpc) is 2.86. The number of phenols is 1. The van der Waals surface area contributed by atoms with Gasteiger partial charge in [0, 0.05) is 17.2 Å². The minimum atomic E-state index is -0.393. The van der Waals surface area contributed by atoms with Crippen molar-refractivity contribution in [2.24, 2.45) is 0 Å². The summed E-state index contributed by atoms with van der Waals surface area (Å²) in [6, 6.07) is 29.5. The molecular weight excluding hydrogens is 448 g/mol. The number of ketones is 1. The van der Waals surface area contributed by atoms with Crippen LogP contribution in [0.1, 0.15) is 27.0 Å². The molecule has 1 N–H and O–H groups in total. The second-order valence-corrected chi connectivity index (χ2v) is 8.05. The van der Waals surface area contributed by atoms with Crippen LogP contribution in [-0.4, -0.2) is 10.9 Å². The number of allylic oxidation sites excluding steroid dienone is 1. The lowest BCUT2D eigenvalue weighted by Crippen LogP contribution is -2.04. The Labute approximate surface area is 203 Å². The van der Waals surface area contributed by atoms with E-state index in [4.69, 9.17) is 21.1 Å². The van der Waals surface area contributed by atoms with Crippen molar-refractivity contribution in [1.82, 2.24) is 0 Å². The first-order chi connectivity index (χ1) is 16.6. The highest BCUT2D eigenvalue weighted by atomic mass is 35.5. The maximum atomic E-state index is 13.0. The van der Waals surface area contributed by atoms with Gasteiger partial charge in [-0.1, -0.05) is 90.5 Å². The maximum absolute atomic E-state index is 13.0. The van der Waals surface area contributed by atoms with Gasteiger partial charge in [0.2, 0.25) is 0 Å².